The zero-order chi connectivity index (χ0) is 19.7. The first-order chi connectivity index (χ1) is 13.4. The van der Waals surface area contributed by atoms with E-state index >= 15 is 0 Å². The maximum Gasteiger partial charge on any atom is 0.228 e. The van der Waals surface area contributed by atoms with Crippen molar-refractivity contribution in [1.82, 2.24) is 14.8 Å². The van der Waals surface area contributed by atoms with Gasteiger partial charge in [-0.3, -0.25) is 14.7 Å². The fourth-order valence-corrected chi connectivity index (χ4v) is 4.76. The summed E-state index contributed by atoms with van der Waals surface area (Å²) in [5.41, 5.74) is 1.68. The summed E-state index contributed by atoms with van der Waals surface area (Å²) < 4.78 is 13.5. The monoisotopic (exact) mass is 401 g/mol. The van der Waals surface area contributed by atoms with E-state index in [1.54, 1.807) is 18.3 Å². The summed E-state index contributed by atoms with van der Waals surface area (Å²) in [6, 6.07) is 10.7. The zero-order valence-electron chi connectivity index (χ0n) is 16.1. The molecule has 2 aromatic rings. The van der Waals surface area contributed by atoms with Crippen LogP contribution in [-0.4, -0.2) is 46.9 Å². The van der Waals surface area contributed by atoms with E-state index in [1.807, 2.05) is 30.1 Å². The SMILES string of the molecule is CN1C(=O)C2(CCN(Cc3ccc(Cl)cn3)CC2)C[C@H]1Cc1cccc(F)c1. The Morgan fingerprint density at radius 3 is 2.71 bits per heavy atom. The lowest BCUT2D eigenvalue weighted by atomic mass is 9.75. The van der Waals surface area contributed by atoms with Crippen molar-refractivity contribution < 1.29 is 9.18 Å². The van der Waals surface area contributed by atoms with Gasteiger partial charge in [0, 0.05) is 25.8 Å². The number of piperidine rings is 1. The number of likely N-dealkylation sites (N-methyl/N-ethyl adjacent to an activating group) is 1. The third-order valence-corrected chi connectivity index (χ3v) is 6.52. The van der Waals surface area contributed by atoms with Gasteiger partial charge in [-0.2, -0.15) is 0 Å². The number of halogens is 2. The highest BCUT2D eigenvalue weighted by atomic mass is 35.5. The lowest BCUT2D eigenvalue weighted by Gasteiger charge is -2.37. The van der Waals surface area contributed by atoms with Crippen LogP contribution in [0.5, 0.6) is 0 Å². The summed E-state index contributed by atoms with van der Waals surface area (Å²) in [6.45, 7) is 2.55. The van der Waals surface area contributed by atoms with Gasteiger partial charge in [-0.05, 0) is 68.6 Å². The van der Waals surface area contributed by atoms with Crippen LogP contribution in [0.2, 0.25) is 5.02 Å². The Kier molecular flexibility index (Phi) is 5.39. The van der Waals surface area contributed by atoms with Crippen LogP contribution in [-0.2, 0) is 17.8 Å². The van der Waals surface area contributed by atoms with Crippen LogP contribution < -0.4 is 0 Å². The van der Waals surface area contributed by atoms with Gasteiger partial charge in [0.1, 0.15) is 5.82 Å². The van der Waals surface area contributed by atoms with Crippen LogP contribution in [0, 0.1) is 11.2 Å². The molecule has 0 saturated carbocycles. The van der Waals surface area contributed by atoms with E-state index < -0.39 is 0 Å². The maximum atomic E-state index is 13.5. The number of carbonyl (C=O) groups excluding carboxylic acids is 1. The van der Waals surface area contributed by atoms with E-state index in [0.29, 0.717) is 11.4 Å². The minimum atomic E-state index is -0.267. The van der Waals surface area contributed by atoms with Crippen molar-refractivity contribution in [1.29, 1.82) is 0 Å². The lowest BCUT2D eigenvalue weighted by Crippen LogP contribution is -2.43. The predicted octanol–water partition coefficient (Wildman–Crippen LogP) is 3.93. The Morgan fingerprint density at radius 2 is 2.04 bits per heavy atom. The van der Waals surface area contributed by atoms with Gasteiger partial charge >= 0.3 is 0 Å². The van der Waals surface area contributed by atoms with Gasteiger partial charge < -0.3 is 4.90 Å². The second-order valence-electron chi connectivity index (χ2n) is 8.13. The Bertz CT molecular complexity index is 849. The van der Waals surface area contributed by atoms with Crippen LogP contribution in [0.3, 0.4) is 0 Å². The summed E-state index contributed by atoms with van der Waals surface area (Å²) in [4.78, 5) is 21.7. The van der Waals surface area contributed by atoms with Crippen molar-refractivity contribution >= 4 is 17.5 Å². The van der Waals surface area contributed by atoms with E-state index in [2.05, 4.69) is 9.88 Å². The Hall–Kier alpha value is -1.98. The zero-order valence-corrected chi connectivity index (χ0v) is 16.8. The molecule has 2 aliphatic rings. The second-order valence-corrected chi connectivity index (χ2v) is 8.57. The van der Waals surface area contributed by atoms with Gasteiger partial charge in [0.25, 0.3) is 0 Å². The minimum absolute atomic E-state index is 0.138. The Morgan fingerprint density at radius 1 is 1.25 bits per heavy atom. The van der Waals surface area contributed by atoms with Gasteiger partial charge in [0.15, 0.2) is 0 Å². The molecular formula is C22H25ClFN3O. The molecule has 6 heteroatoms. The molecule has 4 nitrogen and oxygen atoms in total. The molecule has 2 saturated heterocycles. The molecular weight excluding hydrogens is 377 g/mol. The van der Waals surface area contributed by atoms with Crippen LogP contribution in [0.25, 0.3) is 0 Å². The average Bonchev–Trinajstić information content (AvgIpc) is 2.90. The number of pyridine rings is 1. The number of hydrogen-bond acceptors (Lipinski definition) is 3. The number of nitrogens with zero attached hydrogens (tertiary/aromatic N) is 3. The van der Waals surface area contributed by atoms with Gasteiger partial charge in [-0.1, -0.05) is 23.7 Å². The average molecular weight is 402 g/mol. The number of likely N-dealkylation sites (tertiary alicyclic amines) is 2. The van der Waals surface area contributed by atoms with Crippen LogP contribution in [0.4, 0.5) is 4.39 Å². The van der Waals surface area contributed by atoms with Crippen molar-refractivity contribution in [2.24, 2.45) is 5.41 Å². The largest absolute Gasteiger partial charge is 0.342 e. The Labute approximate surface area is 170 Å². The van der Waals surface area contributed by atoms with Crippen LogP contribution in [0.1, 0.15) is 30.5 Å². The van der Waals surface area contributed by atoms with Crippen LogP contribution >= 0.6 is 11.6 Å². The van der Waals surface area contributed by atoms with E-state index in [9.17, 15) is 9.18 Å². The third-order valence-electron chi connectivity index (χ3n) is 6.30. The van der Waals surface area contributed by atoms with Gasteiger partial charge in [0.2, 0.25) is 5.91 Å². The fraction of sp³-hybridized carbons (Fsp3) is 0.455. The number of carbonyl (C=O) groups is 1. The second kappa shape index (κ2) is 7.80. The fourth-order valence-electron chi connectivity index (χ4n) is 4.65. The Balaban J connectivity index is 1.39. The third kappa shape index (κ3) is 3.91. The van der Waals surface area contributed by atoms with Crippen molar-refractivity contribution in [3.05, 3.63) is 64.7 Å². The number of amides is 1. The quantitative estimate of drug-likeness (QED) is 0.778. The highest BCUT2D eigenvalue weighted by molar-refractivity contribution is 6.30. The molecule has 0 N–H and O–H groups in total. The molecule has 1 aromatic carbocycles. The number of benzene rings is 1. The molecule has 0 aliphatic carbocycles. The molecule has 148 valence electrons. The van der Waals surface area contributed by atoms with E-state index in [-0.39, 0.29) is 23.2 Å². The molecule has 2 aliphatic heterocycles. The molecule has 1 aromatic heterocycles. The van der Waals surface area contributed by atoms with Crippen molar-refractivity contribution in [2.75, 3.05) is 20.1 Å². The molecule has 1 amide bonds. The smallest absolute Gasteiger partial charge is 0.228 e. The van der Waals surface area contributed by atoms with E-state index in [4.69, 9.17) is 11.6 Å². The summed E-state index contributed by atoms with van der Waals surface area (Å²) in [5.74, 6) is 0.0291. The first kappa shape index (κ1) is 19.3. The first-order valence-electron chi connectivity index (χ1n) is 9.80. The predicted molar refractivity (Wildman–Crippen MR) is 107 cm³/mol. The molecule has 2 fully saturated rings. The van der Waals surface area contributed by atoms with E-state index in [1.165, 1.54) is 6.07 Å². The molecule has 1 atom stereocenters. The summed E-state index contributed by atoms with van der Waals surface area (Å²) in [6.07, 6.45) is 4.97. The van der Waals surface area contributed by atoms with Gasteiger partial charge in [0.05, 0.1) is 16.1 Å². The molecule has 0 radical (unpaired) electrons. The summed E-state index contributed by atoms with van der Waals surface area (Å²) >= 11 is 5.91. The van der Waals surface area contributed by atoms with Crippen molar-refractivity contribution in [3.8, 4) is 0 Å². The number of aromatic nitrogens is 1. The number of hydrogen-bond donors (Lipinski definition) is 0. The lowest BCUT2D eigenvalue weighted by molar-refractivity contribution is -0.137. The van der Waals surface area contributed by atoms with E-state index in [0.717, 1.165) is 50.2 Å². The molecule has 3 heterocycles. The molecule has 1 spiro atoms. The van der Waals surface area contributed by atoms with Gasteiger partial charge in [-0.15, -0.1) is 0 Å². The molecule has 0 bridgehead atoms. The standard InChI is InChI=1S/C22H25ClFN3O/c1-26-20(12-16-3-2-4-18(24)11-16)13-22(21(26)28)7-9-27(10-8-22)15-19-6-5-17(23)14-25-19/h2-6,11,14,20H,7-10,12-13,15H2,1H3/t20-/m1/s1. The summed E-state index contributed by atoms with van der Waals surface area (Å²) in [7, 11) is 1.89. The highest BCUT2D eigenvalue weighted by Crippen LogP contribution is 2.44. The number of rotatable bonds is 4. The highest BCUT2D eigenvalue weighted by Gasteiger charge is 2.51. The van der Waals surface area contributed by atoms with Crippen molar-refractivity contribution in [2.45, 2.75) is 38.3 Å². The van der Waals surface area contributed by atoms with Crippen LogP contribution in [0.15, 0.2) is 42.6 Å². The minimum Gasteiger partial charge on any atom is -0.342 e. The van der Waals surface area contributed by atoms with Crippen molar-refractivity contribution in [3.63, 3.8) is 0 Å². The normalized spacial score (nSPS) is 22.2. The van der Waals surface area contributed by atoms with Gasteiger partial charge in [-0.25, -0.2) is 4.39 Å². The topological polar surface area (TPSA) is 36.4 Å². The molecule has 4 rings (SSSR count). The first-order valence-corrected chi connectivity index (χ1v) is 10.2. The molecule has 28 heavy (non-hydrogen) atoms. The summed E-state index contributed by atoms with van der Waals surface area (Å²) in [5, 5.41) is 0.644. The molecule has 0 unspecified atom stereocenters. The maximum absolute atomic E-state index is 13.5.